The smallest absolute Gasteiger partial charge is 0.232 e. The van der Waals surface area contributed by atoms with Gasteiger partial charge in [-0.25, -0.2) is 0 Å². The normalized spacial score (nSPS) is 12.2. The number of nitrogens with one attached hydrogen (secondary N) is 1. The number of benzene rings is 1. The van der Waals surface area contributed by atoms with Gasteiger partial charge in [0.05, 0.1) is 5.75 Å². The lowest BCUT2D eigenvalue weighted by Gasteiger charge is -2.14. The molecule has 4 heteroatoms. The molecule has 0 aromatic heterocycles. The quantitative estimate of drug-likeness (QED) is 0.803. The molecule has 0 spiro atoms. The van der Waals surface area contributed by atoms with E-state index in [9.17, 15) is 4.79 Å². The number of carbonyl (C=O) groups excluding carboxylic acids is 1. The Morgan fingerprint density at radius 2 is 2.17 bits per heavy atom. The van der Waals surface area contributed by atoms with E-state index in [1.165, 1.54) is 5.56 Å². The number of hydrogen-bond donors (Lipinski definition) is 1. The van der Waals surface area contributed by atoms with Crippen LogP contribution in [0.2, 0.25) is 0 Å². The molecular formula is C14H22N2OS. The van der Waals surface area contributed by atoms with Crippen molar-refractivity contribution < 1.29 is 4.79 Å². The van der Waals surface area contributed by atoms with Crippen molar-refractivity contribution in [3.63, 3.8) is 0 Å². The van der Waals surface area contributed by atoms with Crippen LogP contribution in [0.1, 0.15) is 25.5 Å². The molecule has 0 aliphatic rings. The highest BCUT2D eigenvalue weighted by Crippen LogP contribution is 2.22. The second kappa shape index (κ2) is 7.44. The van der Waals surface area contributed by atoms with Gasteiger partial charge in [0, 0.05) is 25.0 Å². The van der Waals surface area contributed by atoms with Crippen LogP contribution in [0.25, 0.3) is 0 Å². The fraction of sp³-hybridized carbons (Fsp3) is 0.500. The molecule has 0 aliphatic carbocycles. The van der Waals surface area contributed by atoms with Crippen molar-refractivity contribution in [3.8, 4) is 0 Å². The summed E-state index contributed by atoms with van der Waals surface area (Å²) in [5.41, 5.74) is 1.26. The molecule has 100 valence electrons. The molecule has 1 unspecified atom stereocenters. The van der Waals surface area contributed by atoms with E-state index in [1.54, 1.807) is 30.8 Å². The van der Waals surface area contributed by atoms with Gasteiger partial charge in [-0.15, -0.1) is 11.8 Å². The Morgan fingerprint density at radius 1 is 1.44 bits per heavy atom. The Bertz CT molecular complexity index is 393. The van der Waals surface area contributed by atoms with Crippen LogP contribution in [0.3, 0.4) is 0 Å². The van der Waals surface area contributed by atoms with Crippen LogP contribution in [0, 0.1) is 0 Å². The maximum absolute atomic E-state index is 11.5. The van der Waals surface area contributed by atoms with E-state index in [-0.39, 0.29) is 5.91 Å². The molecule has 0 bridgehead atoms. The molecular weight excluding hydrogens is 244 g/mol. The zero-order valence-corrected chi connectivity index (χ0v) is 12.4. The molecule has 0 saturated heterocycles. The maximum atomic E-state index is 11.5. The average molecular weight is 266 g/mol. The third-order valence-corrected chi connectivity index (χ3v) is 3.71. The van der Waals surface area contributed by atoms with E-state index in [0.717, 1.165) is 11.4 Å². The molecule has 0 saturated carbocycles. The van der Waals surface area contributed by atoms with Crippen molar-refractivity contribution in [2.75, 3.05) is 26.4 Å². The second-order valence-electron chi connectivity index (χ2n) is 4.43. The molecule has 1 aromatic rings. The Kier molecular flexibility index (Phi) is 6.22. The molecule has 0 radical (unpaired) electrons. The molecule has 1 amide bonds. The zero-order valence-electron chi connectivity index (χ0n) is 11.6. The van der Waals surface area contributed by atoms with Crippen molar-refractivity contribution in [1.29, 1.82) is 0 Å². The molecule has 3 nitrogen and oxygen atoms in total. The van der Waals surface area contributed by atoms with Gasteiger partial charge in [0.15, 0.2) is 0 Å². The number of carbonyl (C=O) groups is 1. The lowest BCUT2D eigenvalue weighted by atomic mass is 10.1. The molecule has 1 atom stereocenters. The Hall–Kier alpha value is -1.00. The Balaban J connectivity index is 2.62. The van der Waals surface area contributed by atoms with Crippen molar-refractivity contribution in [3.05, 3.63) is 29.8 Å². The zero-order chi connectivity index (χ0) is 13.5. The van der Waals surface area contributed by atoms with E-state index >= 15 is 0 Å². The molecule has 0 aliphatic heterocycles. The number of amides is 1. The van der Waals surface area contributed by atoms with Gasteiger partial charge in [0.1, 0.15) is 0 Å². The van der Waals surface area contributed by atoms with E-state index < -0.39 is 0 Å². The molecule has 1 N–H and O–H groups in total. The molecule has 0 fully saturated rings. The number of thioether (sulfide) groups is 1. The van der Waals surface area contributed by atoms with E-state index in [4.69, 9.17) is 0 Å². The first-order chi connectivity index (χ1) is 8.54. The predicted octanol–water partition coefficient (Wildman–Crippen LogP) is 2.54. The summed E-state index contributed by atoms with van der Waals surface area (Å²) in [5, 5.41) is 3.39. The van der Waals surface area contributed by atoms with Crippen LogP contribution >= 0.6 is 11.8 Å². The van der Waals surface area contributed by atoms with E-state index in [2.05, 4.69) is 37.4 Å². The summed E-state index contributed by atoms with van der Waals surface area (Å²) in [6.07, 6.45) is 0. The van der Waals surface area contributed by atoms with Crippen LogP contribution in [0.4, 0.5) is 0 Å². The van der Waals surface area contributed by atoms with E-state index in [0.29, 0.717) is 11.8 Å². The first kappa shape index (κ1) is 15.1. The van der Waals surface area contributed by atoms with Gasteiger partial charge in [0.25, 0.3) is 0 Å². The first-order valence-electron chi connectivity index (χ1n) is 6.21. The fourth-order valence-corrected chi connectivity index (χ4v) is 2.51. The molecule has 1 rings (SSSR count). The van der Waals surface area contributed by atoms with E-state index in [1.807, 2.05) is 6.07 Å². The van der Waals surface area contributed by atoms with Crippen molar-refractivity contribution in [2.45, 2.75) is 24.8 Å². The fourth-order valence-electron chi connectivity index (χ4n) is 1.57. The third-order valence-electron chi connectivity index (χ3n) is 2.73. The van der Waals surface area contributed by atoms with Gasteiger partial charge >= 0.3 is 0 Å². The summed E-state index contributed by atoms with van der Waals surface area (Å²) in [4.78, 5) is 14.3. The Morgan fingerprint density at radius 3 is 2.78 bits per heavy atom. The van der Waals surface area contributed by atoms with Crippen LogP contribution < -0.4 is 5.32 Å². The SMILES string of the molecule is CCNC(C)c1cccc(SCC(=O)N(C)C)c1. The van der Waals surface area contributed by atoms with Gasteiger partial charge in [-0.05, 0) is 31.2 Å². The van der Waals surface area contributed by atoms with Gasteiger partial charge in [-0.1, -0.05) is 19.1 Å². The number of nitrogens with zero attached hydrogens (tertiary/aromatic N) is 1. The van der Waals surface area contributed by atoms with Gasteiger partial charge < -0.3 is 10.2 Å². The standard InChI is InChI=1S/C14H22N2OS/c1-5-15-11(2)12-7-6-8-13(9-12)18-10-14(17)16(3)4/h6-9,11,15H,5,10H2,1-4H3. The summed E-state index contributed by atoms with van der Waals surface area (Å²) in [6, 6.07) is 8.72. The summed E-state index contributed by atoms with van der Waals surface area (Å²) in [7, 11) is 3.57. The average Bonchev–Trinajstić information content (AvgIpc) is 2.36. The van der Waals surface area contributed by atoms with Crippen LogP contribution in [-0.2, 0) is 4.79 Å². The monoisotopic (exact) mass is 266 g/mol. The van der Waals surface area contributed by atoms with Crippen LogP contribution in [0.5, 0.6) is 0 Å². The van der Waals surface area contributed by atoms with Crippen LogP contribution in [0.15, 0.2) is 29.2 Å². The van der Waals surface area contributed by atoms with Gasteiger partial charge in [-0.3, -0.25) is 4.79 Å². The topological polar surface area (TPSA) is 32.3 Å². The van der Waals surface area contributed by atoms with Gasteiger partial charge in [-0.2, -0.15) is 0 Å². The number of hydrogen-bond acceptors (Lipinski definition) is 3. The lowest BCUT2D eigenvalue weighted by Crippen LogP contribution is -2.23. The van der Waals surface area contributed by atoms with Crippen molar-refractivity contribution in [1.82, 2.24) is 10.2 Å². The largest absolute Gasteiger partial charge is 0.348 e. The van der Waals surface area contributed by atoms with Crippen molar-refractivity contribution in [2.24, 2.45) is 0 Å². The first-order valence-corrected chi connectivity index (χ1v) is 7.19. The summed E-state index contributed by atoms with van der Waals surface area (Å²) < 4.78 is 0. The lowest BCUT2D eigenvalue weighted by molar-refractivity contribution is -0.125. The van der Waals surface area contributed by atoms with Crippen LogP contribution in [-0.4, -0.2) is 37.2 Å². The number of rotatable bonds is 6. The highest BCUT2D eigenvalue weighted by Gasteiger charge is 2.07. The highest BCUT2D eigenvalue weighted by atomic mass is 32.2. The third kappa shape index (κ3) is 4.70. The molecule has 18 heavy (non-hydrogen) atoms. The predicted molar refractivity (Wildman–Crippen MR) is 78.0 cm³/mol. The summed E-state index contributed by atoms with van der Waals surface area (Å²) >= 11 is 1.59. The summed E-state index contributed by atoms with van der Waals surface area (Å²) in [6.45, 7) is 5.21. The summed E-state index contributed by atoms with van der Waals surface area (Å²) in [5.74, 6) is 0.636. The Labute approximate surface area is 114 Å². The van der Waals surface area contributed by atoms with Crippen molar-refractivity contribution >= 4 is 17.7 Å². The minimum absolute atomic E-state index is 0.144. The second-order valence-corrected chi connectivity index (χ2v) is 5.48. The maximum Gasteiger partial charge on any atom is 0.232 e. The molecule has 1 aromatic carbocycles. The minimum atomic E-state index is 0.144. The van der Waals surface area contributed by atoms with Gasteiger partial charge in [0.2, 0.25) is 5.91 Å². The minimum Gasteiger partial charge on any atom is -0.348 e. The highest BCUT2D eigenvalue weighted by molar-refractivity contribution is 8.00. The molecule has 0 heterocycles.